The van der Waals surface area contributed by atoms with Gasteiger partial charge in [0.15, 0.2) is 17.1 Å². The molecule has 1 N–H and O–H groups in total. The van der Waals surface area contributed by atoms with Crippen LogP contribution >= 0.6 is 0 Å². The highest BCUT2D eigenvalue weighted by molar-refractivity contribution is 5.70. The van der Waals surface area contributed by atoms with Crippen LogP contribution in [0.2, 0.25) is 0 Å². The van der Waals surface area contributed by atoms with Crippen molar-refractivity contribution in [3.05, 3.63) is 59.7 Å². The zero-order valence-corrected chi connectivity index (χ0v) is 15.5. The maximum absolute atomic E-state index is 14.8. The van der Waals surface area contributed by atoms with Gasteiger partial charge in [0.25, 0.3) is 0 Å². The predicted octanol–water partition coefficient (Wildman–Crippen LogP) is 3.44. The van der Waals surface area contributed by atoms with Gasteiger partial charge in [0.2, 0.25) is 0 Å². The van der Waals surface area contributed by atoms with Crippen LogP contribution in [0.4, 0.5) is 4.39 Å². The fraction of sp³-hybridized carbons (Fsp3) is 0.286. The molecule has 0 amide bonds. The minimum absolute atomic E-state index is 0.345. The van der Waals surface area contributed by atoms with Crippen LogP contribution in [0.1, 0.15) is 35.7 Å². The van der Waals surface area contributed by atoms with Crippen LogP contribution in [0.3, 0.4) is 0 Å². The summed E-state index contributed by atoms with van der Waals surface area (Å²) in [6.45, 7) is 3.81. The molecule has 1 aliphatic rings. The van der Waals surface area contributed by atoms with Crippen molar-refractivity contribution in [1.82, 2.24) is 24.1 Å². The Bertz CT molecular complexity index is 1240. The smallest absolute Gasteiger partial charge is 0.173 e. The molecule has 1 saturated heterocycles. The number of nitriles is 1. The first-order valence-electron chi connectivity index (χ1n) is 9.41. The van der Waals surface area contributed by atoms with E-state index >= 15 is 0 Å². The Morgan fingerprint density at radius 3 is 2.50 bits per heavy atom. The van der Waals surface area contributed by atoms with E-state index in [1.807, 2.05) is 36.1 Å². The van der Waals surface area contributed by atoms with Crippen molar-refractivity contribution >= 4 is 11.3 Å². The van der Waals surface area contributed by atoms with Gasteiger partial charge in [-0.25, -0.2) is 14.4 Å². The number of nitrogens with zero attached hydrogens (tertiary/aromatic N) is 5. The van der Waals surface area contributed by atoms with Crippen LogP contribution in [0, 0.1) is 24.1 Å². The summed E-state index contributed by atoms with van der Waals surface area (Å²) in [4.78, 5) is 8.94. The Labute approximate surface area is 161 Å². The fourth-order valence-corrected chi connectivity index (χ4v) is 4.01. The lowest BCUT2D eigenvalue weighted by atomic mass is 9.95. The molecule has 0 atom stereocenters. The standard InChI is InChI=1S/C21H19FN6/c1-13-9-27-10-16(6-15(8-23)20(27)25-13)17-7-18(22)21-26-19(12-28(21)11-17)14-2-4-24-5-3-14/h6-7,9-12,14,24H,2-5H2,1H3. The molecule has 5 rings (SSSR count). The van der Waals surface area contributed by atoms with E-state index in [-0.39, 0.29) is 5.82 Å². The summed E-state index contributed by atoms with van der Waals surface area (Å²) < 4.78 is 18.4. The van der Waals surface area contributed by atoms with Crippen molar-refractivity contribution in [3.8, 4) is 17.2 Å². The van der Waals surface area contributed by atoms with Gasteiger partial charge in [0.1, 0.15) is 6.07 Å². The summed E-state index contributed by atoms with van der Waals surface area (Å²) in [5.74, 6) is -0.00225. The monoisotopic (exact) mass is 374 g/mol. The van der Waals surface area contributed by atoms with Crippen LogP contribution in [-0.2, 0) is 0 Å². The number of hydrogen-bond acceptors (Lipinski definition) is 4. The third kappa shape index (κ3) is 2.74. The van der Waals surface area contributed by atoms with Crippen LogP contribution in [-0.4, -0.2) is 31.9 Å². The maximum atomic E-state index is 14.8. The average Bonchev–Trinajstić information content (AvgIpc) is 3.30. The molecule has 140 valence electrons. The summed E-state index contributed by atoms with van der Waals surface area (Å²) in [5.41, 5.74) is 4.65. The predicted molar refractivity (Wildman–Crippen MR) is 104 cm³/mol. The first-order valence-corrected chi connectivity index (χ1v) is 9.41. The molecule has 1 fully saturated rings. The first-order chi connectivity index (χ1) is 13.6. The second kappa shape index (κ2) is 6.43. The van der Waals surface area contributed by atoms with Gasteiger partial charge >= 0.3 is 0 Å². The lowest BCUT2D eigenvalue weighted by Gasteiger charge is -2.20. The number of hydrogen-bond donors (Lipinski definition) is 1. The van der Waals surface area contributed by atoms with Gasteiger partial charge in [-0.1, -0.05) is 0 Å². The quantitative estimate of drug-likeness (QED) is 0.584. The Kier molecular flexibility index (Phi) is 3.88. The van der Waals surface area contributed by atoms with Gasteiger partial charge in [-0.3, -0.25) is 0 Å². The van der Waals surface area contributed by atoms with Crippen LogP contribution < -0.4 is 5.32 Å². The molecule has 0 aromatic carbocycles. The highest BCUT2D eigenvalue weighted by Crippen LogP contribution is 2.28. The number of pyridine rings is 2. The van der Waals surface area contributed by atoms with Gasteiger partial charge in [0, 0.05) is 41.8 Å². The minimum Gasteiger partial charge on any atom is -0.317 e. The summed E-state index contributed by atoms with van der Waals surface area (Å²) in [6.07, 6.45) is 9.58. The maximum Gasteiger partial charge on any atom is 0.173 e. The second-order valence-electron chi connectivity index (χ2n) is 7.37. The van der Waals surface area contributed by atoms with E-state index in [9.17, 15) is 9.65 Å². The van der Waals surface area contributed by atoms with E-state index in [4.69, 9.17) is 0 Å². The van der Waals surface area contributed by atoms with E-state index in [0.717, 1.165) is 42.9 Å². The minimum atomic E-state index is -0.363. The SMILES string of the molecule is Cc1cn2cc(-c3cc(F)c4nc(C5CCNCC5)cn4c3)cc(C#N)c2n1. The Balaban J connectivity index is 1.63. The van der Waals surface area contributed by atoms with E-state index in [0.29, 0.717) is 28.3 Å². The number of aryl methyl sites for hydroxylation is 1. The molecule has 0 aliphatic carbocycles. The molecule has 0 saturated carbocycles. The topological polar surface area (TPSA) is 70.4 Å². The van der Waals surface area contributed by atoms with Gasteiger partial charge in [0.05, 0.1) is 17.0 Å². The molecule has 5 heterocycles. The molecule has 0 spiro atoms. The van der Waals surface area contributed by atoms with Gasteiger partial charge < -0.3 is 14.1 Å². The largest absolute Gasteiger partial charge is 0.317 e. The lowest BCUT2D eigenvalue weighted by Crippen LogP contribution is -2.26. The average molecular weight is 374 g/mol. The van der Waals surface area contributed by atoms with Crippen molar-refractivity contribution in [2.24, 2.45) is 0 Å². The number of nitrogens with one attached hydrogen (secondary N) is 1. The third-order valence-corrected chi connectivity index (χ3v) is 5.41. The summed E-state index contributed by atoms with van der Waals surface area (Å²) >= 11 is 0. The number of fused-ring (bicyclic) bond motifs is 2. The number of aromatic nitrogens is 4. The molecule has 28 heavy (non-hydrogen) atoms. The Morgan fingerprint density at radius 2 is 1.75 bits per heavy atom. The zero-order valence-electron chi connectivity index (χ0n) is 15.5. The van der Waals surface area contributed by atoms with Crippen LogP contribution in [0.25, 0.3) is 22.4 Å². The van der Waals surface area contributed by atoms with Crippen molar-refractivity contribution in [2.75, 3.05) is 13.1 Å². The molecule has 0 unspecified atom stereocenters. The summed E-state index contributed by atoms with van der Waals surface area (Å²) in [5, 5.41) is 12.8. The molecule has 4 aromatic heterocycles. The zero-order chi connectivity index (χ0) is 19.3. The van der Waals surface area contributed by atoms with E-state index < -0.39 is 0 Å². The van der Waals surface area contributed by atoms with Crippen molar-refractivity contribution in [1.29, 1.82) is 5.26 Å². The van der Waals surface area contributed by atoms with Crippen molar-refractivity contribution in [3.63, 3.8) is 0 Å². The van der Waals surface area contributed by atoms with Gasteiger partial charge in [-0.2, -0.15) is 5.26 Å². The first kappa shape index (κ1) is 16.9. The van der Waals surface area contributed by atoms with E-state index in [2.05, 4.69) is 21.4 Å². The molecule has 0 radical (unpaired) electrons. The number of piperidine rings is 1. The van der Waals surface area contributed by atoms with Crippen LogP contribution in [0.15, 0.2) is 36.9 Å². The number of imidazole rings is 2. The highest BCUT2D eigenvalue weighted by Gasteiger charge is 2.20. The summed E-state index contributed by atoms with van der Waals surface area (Å²) in [6, 6.07) is 5.43. The van der Waals surface area contributed by atoms with Crippen molar-refractivity contribution in [2.45, 2.75) is 25.7 Å². The number of halogens is 1. The van der Waals surface area contributed by atoms with Crippen molar-refractivity contribution < 1.29 is 4.39 Å². The number of rotatable bonds is 2. The normalized spacial score (nSPS) is 15.3. The Morgan fingerprint density at radius 1 is 1.04 bits per heavy atom. The molecule has 0 bridgehead atoms. The third-order valence-electron chi connectivity index (χ3n) is 5.41. The molecule has 4 aromatic rings. The molecule has 1 aliphatic heterocycles. The highest BCUT2D eigenvalue weighted by atomic mass is 19.1. The molecular weight excluding hydrogens is 355 g/mol. The molecule has 7 heteroatoms. The molecular formula is C21H19FN6. The van der Waals surface area contributed by atoms with Gasteiger partial charge in [-0.15, -0.1) is 0 Å². The fourth-order valence-electron chi connectivity index (χ4n) is 4.01. The van der Waals surface area contributed by atoms with E-state index in [1.165, 1.54) is 6.07 Å². The second-order valence-corrected chi connectivity index (χ2v) is 7.37. The van der Waals surface area contributed by atoms with Gasteiger partial charge in [-0.05, 0) is 45.0 Å². The van der Waals surface area contributed by atoms with E-state index in [1.54, 1.807) is 10.5 Å². The lowest BCUT2D eigenvalue weighted by molar-refractivity contribution is 0.454. The molecule has 6 nitrogen and oxygen atoms in total. The summed E-state index contributed by atoms with van der Waals surface area (Å²) in [7, 11) is 0. The Hall–Kier alpha value is -3.24. The van der Waals surface area contributed by atoms with Crippen LogP contribution in [0.5, 0.6) is 0 Å².